The van der Waals surface area contributed by atoms with Gasteiger partial charge in [-0.05, 0) is 44.0 Å². The molecule has 0 bridgehead atoms. The van der Waals surface area contributed by atoms with Gasteiger partial charge in [0.15, 0.2) is 11.5 Å². The van der Waals surface area contributed by atoms with E-state index in [9.17, 15) is 4.79 Å². The van der Waals surface area contributed by atoms with Crippen molar-refractivity contribution in [2.75, 3.05) is 6.61 Å². The van der Waals surface area contributed by atoms with Crippen LogP contribution in [0.1, 0.15) is 24.8 Å². The zero-order valence-electron chi connectivity index (χ0n) is 13.5. The van der Waals surface area contributed by atoms with E-state index >= 15 is 0 Å². The molecule has 0 N–H and O–H groups in total. The van der Waals surface area contributed by atoms with Crippen LogP contribution in [-0.4, -0.2) is 17.6 Å². The minimum atomic E-state index is -0.247. The number of benzene rings is 2. The molecule has 0 amide bonds. The van der Waals surface area contributed by atoms with Gasteiger partial charge in [0.2, 0.25) is 0 Å². The predicted octanol–water partition coefficient (Wildman–Crippen LogP) is 4.62. The van der Waals surface area contributed by atoms with Crippen molar-refractivity contribution in [3.8, 4) is 11.5 Å². The maximum absolute atomic E-state index is 12.0. The molecule has 0 fully saturated rings. The number of aromatic nitrogens is 1. The van der Waals surface area contributed by atoms with Crippen LogP contribution in [0.2, 0.25) is 0 Å². The molecule has 0 aliphatic carbocycles. The SMILES string of the molecule is CCOc1ccccc1OC(=O)CCCc1nc2ccccc2s1. The summed E-state index contributed by atoms with van der Waals surface area (Å²) in [6.45, 7) is 2.43. The van der Waals surface area contributed by atoms with E-state index in [0.29, 0.717) is 24.5 Å². The first kappa shape index (κ1) is 16.5. The lowest BCUT2D eigenvalue weighted by Crippen LogP contribution is -2.09. The first-order valence-electron chi connectivity index (χ1n) is 8.03. The van der Waals surface area contributed by atoms with E-state index in [0.717, 1.165) is 23.4 Å². The average Bonchev–Trinajstić information content (AvgIpc) is 2.99. The van der Waals surface area contributed by atoms with Crippen molar-refractivity contribution in [1.29, 1.82) is 0 Å². The molecule has 0 atom stereocenters. The Morgan fingerprint density at radius 2 is 1.83 bits per heavy atom. The predicted molar refractivity (Wildman–Crippen MR) is 95.8 cm³/mol. The van der Waals surface area contributed by atoms with E-state index in [1.807, 2.05) is 37.3 Å². The van der Waals surface area contributed by atoms with Crippen LogP contribution < -0.4 is 9.47 Å². The molecule has 0 saturated heterocycles. The molecule has 0 aliphatic heterocycles. The van der Waals surface area contributed by atoms with Gasteiger partial charge < -0.3 is 9.47 Å². The number of esters is 1. The molecule has 124 valence electrons. The molecule has 4 nitrogen and oxygen atoms in total. The van der Waals surface area contributed by atoms with Crippen LogP contribution in [0.5, 0.6) is 11.5 Å². The number of ether oxygens (including phenoxy) is 2. The number of hydrogen-bond acceptors (Lipinski definition) is 5. The van der Waals surface area contributed by atoms with Crippen molar-refractivity contribution in [2.45, 2.75) is 26.2 Å². The molecule has 0 radical (unpaired) electrons. The second-order valence-corrected chi connectivity index (χ2v) is 6.40. The van der Waals surface area contributed by atoms with Gasteiger partial charge in [-0.2, -0.15) is 0 Å². The molecule has 3 rings (SSSR count). The second-order valence-electron chi connectivity index (χ2n) is 5.28. The summed E-state index contributed by atoms with van der Waals surface area (Å²) in [5.74, 6) is 0.826. The summed E-state index contributed by atoms with van der Waals surface area (Å²) in [7, 11) is 0. The number of thiazole rings is 1. The van der Waals surface area contributed by atoms with Gasteiger partial charge in [-0.1, -0.05) is 24.3 Å². The second kappa shape index (κ2) is 7.93. The van der Waals surface area contributed by atoms with Crippen LogP contribution in [0.3, 0.4) is 0 Å². The van der Waals surface area contributed by atoms with Crippen molar-refractivity contribution in [1.82, 2.24) is 4.98 Å². The monoisotopic (exact) mass is 341 g/mol. The van der Waals surface area contributed by atoms with Gasteiger partial charge >= 0.3 is 5.97 Å². The highest BCUT2D eigenvalue weighted by molar-refractivity contribution is 7.18. The normalized spacial score (nSPS) is 10.7. The number of fused-ring (bicyclic) bond motifs is 1. The van der Waals surface area contributed by atoms with Crippen LogP contribution in [-0.2, 0) is 11.2 Å². The summed E-state index contributed by atoms with van der Waals surface area (Å²) in [4.78, 5) is 16.6. The molecule has 3 aromatic rings. The highest BCUT2D eigenvalue weighted by Crippen LogP contribution is 2.27. The van der Waals surface area contributed by atoms with E-state index in [4.69, 9.17) is 9.47 Å². The van der Waals surface area contributed by atoms with Gasteiger partial charge in [0, 0.05) is 6.42 Å². The Bertz CT molecular complexity index is 795. The van der Waals surface area contributed by atoms with Gasteiger partial charge in [-0.25, -0.2) is 4.98 Å². The Hall–Kier alpha value is -2.40. The Morgan fingerprint density at radius 3 is 2.62 bits per heavy atom. The highest BCUT2D eigenvalue weighted by atomic mass is 32.1. The Kier molecular flexibility index (Phi) is 5.43. The quantitative estimate of drug-likeness (QED) is 0.464. The number of carbonyl (C=O) groups is 1. The molecular weight excluding hydrogens is 322 g/mol. The standard InChI is InChI=1S/C19H19NO3S/c1-2-22-15-9-4-5-10-16(15)23-19(21)13-7-12-18-20-14-8-3-6-11-17(14)24-18/h3-6,8-11H,2,7,12-13H2,1H3. The van der Waals surface area contributed by atoms with Gasteiger partial charge in [0.25, 0.3) is 0 Å². The van der Waals surface area contributed by atoms with E-state index in [1.165, 1.54) is 4.70 Å². The lowest BCUT2D eigenvalue weighted by Gasteiger charge is -2.09. The van der Waals surface area contributed by atoms with E-state index in [1.54, 1.807) is 23.5 Å². The molecule has 0 aliphatic rings. The first-order chi connectivity index (χ1) is 11.8. The molecule has 1 aromatic heterocycles. The van der Waals surface area contributed by atoms with Gasteiger partial charge in [0.1, 0.15) is 0 Å². The molecule has 1 heterocycles. The highest BCUT2D eigenvalue weighted by Gasteiger charge is 2.10. The van der Waals surface area contributed by atoms with Crippen LogP contribution in [0.15, 0.2) is 48.5 Å². The Morgan fingerprint density at radius 1 is 1.08 bits per heavy atom. The summed E-state index contributed by atoms with van der Waals surface area (Å²) in [5.41, 5.74) is 1.02. The fraction of sp³-hybridized carbons (Fsp3) is 0.263. The zero-order chi connectivity index (χ0) is 16.8. The summed E-state index contributed by atoms with van der Waals surface area (Å²) in [5, 5.41) is 1.05. The third-order valence-corrected chi connectivity index (χ3v) is 4.58. The smallest absolute Gasteiger partial charge is 0.311 e. The molecule has 0 spiro atoms. The van der Waals surface area contributed by atoms with Crippen LogP contribution >= 0.6 is 11.3 Å². The van der Waals surface area contributed by atoms with Crippen molar-refractivity contribution in [3.05, 3.63) is 53.5 Å². The number of carbonyl (C=O) groups excluding carboxylic acids is 1. The van der Waals surface area contributed by atoms with Crippen molar-refractivity contribution in [2.24, 2.45) is 0 Å². The van der Waals surface area contributed by atoms with Crippen LogP contribution in [0.4, 0.5) is 0 Å². The Balaban J connectivity index is 1.52. The fourth-order valence-electron chi connectivity index (χ4n) is 2.39. The van der Waals surface area contributed by atoms with E-state index in [-0.39, 0.29) is 5.97 Å². The van der Waals surface area contributed by atoms with Gasteiger partial charge in [-0.3, -0.25) is 4.79 Å². The number of aryl methyl sites for hydroxylation is 1. The third kappa shape index (κ3) is 4.11. The van der Waals surface area contributed by atoms with Gasteiger partial charge in [-0.15, -0.1) is 11.3 Å². The van der Waals surface area contributed by atoms with Crippen LogP contribution in [0.25, 0.3) is 10.2 Å². The van der Waals surface area contributed by atoms with Gasteiger partial charge in [0.05, 0.1) is 21.8 Å². The number of rotatable bonds is 7. The molecule has 5 heteroatoms. The summed E-state index contributed by atoms with van der Waals surface area (Å²) in [6, 6.07) is 15.3. The Labute approximate surface area is 145 Å². The maximum atomic E-state index is 12.0. The topological polar surface area (TPSA) is 48.4 Å². The summed E-state index contributed by atoms with van der Waals surface area (Å²) in [6.07, 6.45) is 1.85. The summed E-state index contributed by atoms with van der Waals surface area (Å²) < 4.78 is 12.1. The minimum absolute atomic E-state index is 0.247. The minimum Gasteiger partial charge on any atom is -0.490 e. The van der Waals surface area contributed by atoms with Crippen molar-refractivity contribution >= 4 is 27.5 Å². The fourth-order valence-corrected chi connectivity index (χ4v) is 3.40. The molecule has 2 aromatic carbocycles. The van der Waals surface area contributed by atoms with E-state index in [2.05, 4.69) is 11.1 Å². The first-order valence-corrected chi connectivity index (χ1v) is 8.85. The molecular formula is C19H19NO3S. The largest absolute Gasteiger partial charge is 0.490 e. The lowest BCUT2D eigenvalue weighted by molar-refractivity contribution is -0.134. The van der Waals surface area contributed by atoms with Crippen LogP contribution in [0, 0.1) is 0 Å². The summed E-state index contributed by atoms with van der Waals surface area (Å²) >= 11 is 1.68. The van der Waals surface area contributed by atoms with Crippen molar-refractivity contribution in [3.63, 3.8) is 0 Å². The number of para-hydroxylation sites is 3. The van der Waals surface area contributed by atoms with E-state index < -0.39 is 0 Å². The lowest BCUT2D eigenvalue weighted by atomic mass is 10.2. The number of hydrogen-bond donors (Lipinski definition) is 0. The van der Waals surface area contributed by atoms with Crippen molar-refractivity contribution < 1.29 is 14.3 Å². The molecule has 0 unspecified atom stereocenters. The maximum Gasteiger partial charge on any atom is 0.311 e. The molecule has 0 saturated carbocycles. The third-order valence-electron chi connectivity index (χ3n) is 3.48. The molecule has 24 heavy (non-hydrogen) atoms. The average molecular weight is 341 g/mol. The zero-order valence-corrected chi connectivity index (χ0v) is 14.3. The number of nitrogens with zero attached hydrogens (tertiary/aromatic N) is 1.